The fourth-order valence-corrected chi connectivity index (χ4v) is 3.88. The van der Waals surface area contributed by atoms with Crippen LogP contribution in [0, 0.1) is 0 Å². The predicted octanol–water partition coefficient (Wildman–Crippen LogP) is 3.53. The first-order chi connectivity index (χ1) is 15.4. The molecule has 11 heteroatoms. The van der Waals surface area contributed by atoms with Crippen LogP contribution in [0.5, 0.6) is 5.75 Å². The summed E-state index contributed by atoms with van der Waals surface area (Å²) in [5, 5.41) is 10.5. The minimum Gasteiger partial charge on any atom is -0.494 e. The number of aromatic nitrogens is 2. The maximum atomic E-state index is 13.2. The molecular weight excluding hydrogens is 441 g/mol. The number of hydrogen-bond donors (Lipinski definition) is 2. The lowest BCUT2D eigenvalue weighted by Crippen LogP contribution is -2.34. The molecule has 4 rings (SSSR count). The first kappa shape index (κ1) is 23.0. The van der Waals surface area contributed by atoms with Crippen molar-refractivity contribution < 1.29 is 32.2 Å². The third kappa shape index (κ3) is 4.25. The summed E-state index contributed by atoms with van der Waals surface area (Å²) in [6.45, 7) is 3.77. The van der Waals surface area contributed by atoms with Crippen molar-refractivity contribution in [3.8, 4) is 17.2 Å². The average molecular weight is 464 g/mol. The second-order valence-corrected chi connectivity index (χ2v) is 8.40. The Morgan fingerprint density at radius 3 is 2.61 bits per heavy atom. The number of carbonyl (C=O) groups is 1. The van der Waals surface area contributed by atoms with E-state index in [1.807, 2.05) is 0 Å². The number of nitrogens with zero attached hydrogens (tertiary/aromatic N) is 3. The van der Waals surface area contributed by atoms with Gasteiger partial charge in [0.15, 0.2) is 11.5 Å². The molecule has 2 atom stereocenters. The van der Waals surface area contributed by atoms with Crippen LogP contribution in [0.2, 0.25) is 0 Å². The summed E-state index contributed by atoms with van der Waals surface area (Å²) < 4.78 is 50.6. The number of ether oxygens (including phenoxy) is 1. The van der Waals surface area contributed by atoms with Gasteiger partial charge in [0.05, 0.1) is 18.8 Å². The van der Waals surface area contributed by atoms with Crippen LogP contribution in [-0.4, -0.2) is 51.7 Å². The van der Waals surface area contributed by atoms with Crippen molar-refractivity contribution in [2.45, 2.75) is 38.1 Å². The van der Waals surface area contributed by atoms with Crippen LogP contribution in [-0.2, 0) is 6.18 Å². The van der Waals surface area contributed by atoms with Crippen LogP contribution in [0.4, 0.5) is 13.2 Å². The number of rotatable bonds is 4. The second kappa shape index (κ2) is 7.99. The molecule has 1 unspecified atom stereocenters. The topological polar surface area (TPSA) is 115 Å². The number of amides is 1. The molecule has 33 heavy (non-hydrogen) atoms. The number of carbonyl (C=O) groups excluding carboxylic acids is 1. The van der Waals surface area contributed by atoms with E-state index in [1.54, 1.807) is 19.9 Å². The van der Waals surface area contributed by atoms with Crippen LogP contribution >= 0.6 is 0 Å². The van der Waals surface area contributed by atoms with Gasteiger partial charge in [-0.2, -0.15) is 13.2 Å². The Balaban J connectivity index is 1.83. The Hall–Kier alpha value is -3.18. The molecule has 0 bridgehead atoms. The van der Waals surface area contributed by atoms with Gasteiger partial charge in [0.2, 0.25) is 5.89 Å². The highest BCUT2D eigenvalue weighted by molar-refractivity contribution is 5.98. The lowest BCUT2D eigenvalue weighted by atomic mass is 10.1. The predicted molar refractivity (Wildman–Crippen MR) is 113 cm³/mol. The molecule has 0 saturated carbocycles. The quantitative estimate of drug-likeness (QED) is 0.607. The van der Waals surface area contributed by atoms with Gasteiger partial charge in [0, 0.05) is 24.0 Å². The van der Waals surface area contributed by atoms with Gasteiger partial charge in [-0.25, -0.2) is 9.97 Å². The fraction of sp³-hybridized carbons (Fsp3) is 0.409. The summed E-state index contributed by atoms with van der Waals surface area (Å²) >= 11 is 0. The number of methoxy groups -OCH3 is 1. The standard InChI is InChI=1S/C22H23F3N4O4/c1-11(26)18-17(20(30)29-9-8-21(2,31)10-29)28-19(33-18)13-4-6-14(32-3)16-12(13)5-7-15(27-16)22(23,24)25/h4-7,11,31H,8-10,26H2,1-3H3/t11-,21?/m0/s1. The summed E-state index contributed by atoms with van der Waals surface area (Å²) in [6, 6.07) is 4.48. The third-order valence-corrected chi connectivity index (χ3v) is 5.57. The molecule has 1 amide bonds. The van der Waals surface area contributed by atoms with E-state index in [0.717, 1.165) is 6.07 Å². The Morgan fingerprint density at radius 1 is 1.30 bits per heavy atom. The van der Waals surface area contributed by atoms with Crippen LogP contribution in [0.3, 0.4) is 0 Å². The van der Waals surface area contributed by atoms with Crippen molar-refractivity contribution in [1.29, 1.82) is 0 Å². The number of benzene rings is 1. The minimum atomic E-state index is -4.63. The smallest absolute Gasteiger partial charge is 0.433 e. The molecular formula is C22H23F3N4O4. The van der Waals surface area contributed by atoms with Crippen LogP contribution in [0.15, 0.2) is 28.7 Å². The summed E-state index contributed by atoms with van der Waals surface area (Å²) in [7, 11) is 1.33. The zero-order valence-electron chi connectivity index (χ0n) is 18.2. The Labute approximate surface area is 187 Å². The van der Waals surface area contributed by atoms with E-state index in [0.29, 0.717) is 23.9 Å². The van der Waals surface area contributed by atoms with Crippen molar-refractivity contribution in [3.05, 3.63) is 41.4 Å². The third-order valence-electron chi connectivity index (χ3n) is 5.57. The molecule has 8 nitrogen and oxygen atoms in total. The highest BCUT2D eigenvalue weighted by Gasteiger charge is 2.37. The maximum Gasteiger partial charge on any atom is 0.433 e. The fourth-order valence-electron chi connectivity index (χ4n) is 3.88. The van der Waals surface area contributed by atoms with Crippen molar-refractivity contribution in [3.63, 3.8) is 0 Å². The van der Waals surface area contributed by atoms with Crippen molar-refractivity contribution in [1.82, 2.24) is 14.9 Å². The van der Waals surface area contributed by atoms with Crippen molar-refractivity contribution >= 4 is 16.8 Å². The normalized spacial score (nSPS) is 19.8. The van der Waals surface area contributed by atoms with E-state index in [9.17, 15) is 23.1 Å². The van der Waals surface area contributed by atoms with Gasteiger partial charge in [-0.05, 0) is 44.5 Å². The largest absolute Gasteiger partial charge is 0.494 e. The highest BCUT2D eigenvalue weighted by Crippen LogP contribution is 2.37. The molecule has 0 spiro atoms. The summed E-state index contributed by atoms with van der Waals surface area (Å²) in [6.07, 6.45) is -4.20. The number of hydrogen-bond acceptors (Lipinski definition) is 7. The number of fused-ring (bicyclic) bond motifs is 1. The number of oxazole rings is 1. The Kier molecular flexibility index (Phi) is 5.57. The van der Waals surface area contributed by atoms with Gasteiger partial charge >= 0.3 is 6.18 Å². The van der Waals surface area contributed by atoms with Crippen LogP contribution in [0.25, 0.3) is 22.4 Å². The summed E-state index contributed by atoms with van der Waals surface area (Å²) in [5.74, 6) is -0.129. The molecule has 1 aromatic carbocycles. The summed E-state index contributed by atoms with van der Waals surface area (Å²) in [4.78, 5) is 22.7. The lowest BCUT2D eigenvalue weighted by Gasteiger charge is -2.18. The van der Waals surface area contributed by atoms with Crippen molar-refractivity contribution in [2.24, 2.45) is 5.73 Å². The SMILES string of the molecule is COc1ccc(-c2nc(C(=O)N3CCC(C)(O)C3)c([C@H](C)N)o2)c2ccc(C(F)(F)F)nc12. The zero-order chi connectivity index (χ0) is 24.1. The van der Waals surface area contributed by atoms with Gasteiger partial charge in [-0.3, -0.25) is 4.79 Å². The van der Waals surface area contributed by atoms with E-state index < -0.39 is 29.4 Å². The van der Waals surface area contributed by atoms with Gasteiger partial charge in [0.25, 0.3) is 5.91 Å². The van der Waals surface area contributed by atoms with E-state index in [4.69, 9.17) is 14.9 Å². The molecule has 0 aliphatic carbocycles. The highest BCUT2D eigenvalue weighted by atomic mass is 19.4. The molecule has 0 radical (unpaired) electrons. The van der Waals surface area contributed by atoms with Crippen LogP contribution < -0.4 is 10.5 Å². The van der Waals surface area contributed by atoms with E-state index >= 15 is 0 Å². The first-order valence-electron chi connectivity index (χ1n) is 10.2. The molecule has 1 aliphatic rings. The summed E-state index contributed by atoms with van der Waals surface area (Å²) in [5.41, 5.74) is 4.27. The van der Waals surface area contributed by atoms with E-state index in [1.165, 1.54) is 24.1 Å². The molecule has 3 aromatic rings. The Bertz CT molecular complexity index is 1220. The van der Waals surface area contributed by atoms with E-state index in [-0.39, 0.29) is 35.2 Å². The molecule has 3 N–H and O–H groups in total. The molecule has 1 saturated heterocycles. The monoisotopic (exact) mass is 464 g/mol. The maximum absolute atomic E-state index is 13.2. The van der Waals surface area contributed by atoms with E-state index in [2.05, 4.69) is 9.97 Å². The second-order valence-electron chi connectivity index (χ2n) is 8.40. The van der Waals surface area contributed by atoms with Gasteiger partial charge in [-0.15, -0.1) is 0 Å². The number of alkyl halides is 3. The zero-order valence-corrected chi connectivity index (χ0v) is 18.2. The first-order valence-corrected chi connectivity index (χ1v) is 10.2. The van der Waals surface area contributed by atoms with Gasteiger partial charge in [0.1, 0.15) is 17.0 Å². The van der Waals surface area contributed by atoms with Crippen molar-refractivity contribution in [2.75, 3.05) is 20.2 Å². The average Bonchev–Trinajstić information content (AvgIpc) is 3.35. The Morgan fingerprint density at radius 2 is 2.03 bits per heavy atom. The molecule has 1 fully saturated rings. The number of nitrogens with two attached hydrogens (primary N) is 1. The van der Waals surface area contributed by atoms with Crippen LogP contribution in [0.1, 0.15) is 48.3 Å². The molecule has 1 aliphatic heterocycles. The minimum absolute atomic E-state index is 0.00142. The van der Waals surface area contributed by atoms with Gasteiger partial charge < -0.3 is 24.9 Å². The number of pyridine rings is 1. The lowest BCUT2D eigenvalue weighted by molar-refractivity contribution is -0.140. The molecule has 2 aromatic heterocycles. The number of halogens is 3. The number of likely N-dealkylation sites (tertiary alicyclic amines) is 1. The van der Waals surface area contributed by atoms with Gasteiger partial charge in [-0.1, -0.05) is 0 Å². The molecule has 176 valence electrons. The number of β-amino-alcohol motifs (C(OH)–C–C–N with tert-alkyl or cyclic N) is 1. The molecule has 3 heterocycles. The number of aliphatic hydroxyl groups is 1.